The summed E-state index contributed by atoms with van der Waals surface area (Å²) in [6.07, 6.45) is 0.217. The highest BCUT2D eigenvalue weighted by Crippen LogP contribution is 2.12. The molecule has 0 saturated heterocycles. The van der Waals surface area contributed by atoms with Gasteiger partial charge in [-0.25, -0.2) is 0 Å². The Morgan fingerprint density at radius 1 is 1.50 bits per heavy atom. The average Bonchev–Trinajstić information content (AvgIpc) is 2.26. The van der Waals surface area contributed by atoms with Crippen LogP contribution in [0.1, 0.15) is 12.5 Å². The van der Waals surface area contributed by atoms with Crippen LogP contribution in [0.5, 0.6) is 0 Å². The Morgan fingerprint density at radius 2 is 2.29 bits per heavy atom. The molecule has 0 aliphatic heterocycles. The van der Waals surface area contributed by atoms with E-state index in [2.05, 4.69) is 11.4 Å². The second-order valence-corrected chi connectivity index (χ2v) is 3.53. The van der Waals surface area contributed by atoms with E-state index in [1.54, 1.807) is 7.11 Å². The van der Waals surface area contributed by atoms with E-state index in [9.17, 15) is 0 Å². The van der Waals surface area contributed by atoms with Gasteiger partial charge in [-0.3, -0.25) is 0 Å². The lowest BCUT2D eigenvalue weighted by Crippen LogP contribution is -2.17. The molecular formula is C11H16ClNO. The summed E-state index contributed by atoms with van der Waals surface area (Å²) in [7, 11) is 1.71. The minimum atomic E-state index is 0.217. The van der Waals surface area contributed by atoms with Gasteiger partial charge in [-0.1, -0.05) is 12.1 Å². The van der Waals surface area contributed by atoms with Gasteiger partial charge in [-0.15, -0.1) is 11.6 Å². The van der Waals surface area contributed by atoms with Gasteiger partial charge in [0.05, 0.1) is 6.10 Å². The van der Waals surface area contributed by atoms with E-state index in [0.717, 1.165) is 17.8 Å². The van der Waals surface area contributed by atoms with Crippen LogP contribution in [0.25, 0.3) is 0 Å². The maximum atomic E-state index is 5.74. The van der Waals surface area contributed by atoms with Crippen molar-refractivity contribution in [2.24, 2.45) is 0 Å². The lowest BCUT2D eigenvalue weighted by atomic mass is 10.2. The second-order valence-electron chi connectivity index (χ2n) is 3.26. The molecule has 1 aromatic rings. The minimum absolute atomic E-state index is 0.217. The lowest BCUT2D eigenvalue weighted by Gasteiger charge is -2.12. The quantitative estimate of drug-likeness (QED) is 0.760. The highest BCUT2D eigenvalue weighted by atomic mass is 35.5. The first-order chi connectivity index (χ1) is 6.76. The number of methoxy groups -OCH3 is 1. The fraction of sp³-hybridized carbons (Fsp3) is 0.455. The number of alkyl halides is 1. The number of nitrogens with one attached hydrogen (secondary N) is 1. The van der Waals surface area contributed by atoms with Crippen LogP contribution >= 0.6 is 11.6 Å². The highest BCUT2D eigenvalue weighted by Gasteiger charge is 1.99. The van der Waals surface area contributed by atoms with Gasteiger partial charge >= 0.3 is 0 Å². The van der Waals surface area contributed by atoms with Gasteiger partial charge in [0.25, 0.3) is 0 Å². The summed E-state index contributed by atoms with van der Waals surface area (Å²) in [6.45, 7) is 2.83. The zero-order chi connectivity index (χ0) is 10.4. The fourth-order valence-electron chi connectivity index (χ4n) is 1.11. The molecule has 0 aromatic heterocycles. The van der Waals surface area contributed by atoms with Crippen LogP contribution in [0, 0.1) is 0 Å². The van der Waals surface area contributed by atoms with Gasteiger partial charge in [-0.2, -0.15) is 0 Å². The molecule has 0 spiro atoms. The molecule has 1 N–H and O–H groups in total. The van der Waals surface area contributed by atoms with Crippen molar-refractivity contribution < 1.29 is 4.74 Å². The maximum Gasteiger partial charge on any atom is 0.0715 e. The van der Waals surface area contributed by atoms with Crippen LogP contribution in [0.15, 0.2) is 24.3 Å². The van der Waals surface area contributed by atoms with E-state index in [-0.39, 0.29) is 6.10 Å². The zero-order valence-electron chi connectivity index (χ0n) is 8.59. The van der Waals surface area contributed by atoms with Crippen molar-refractivity contribution >= 4 is 17.3 Å². The Morgan fingerprint density at radius 3 is 2.93 bits per heavy atom. The SMILES string of the molecule is COC(C)CNc1cccc(CCl)c1. The van der Waals surface area contributed by atoms with Crippen molar-refractivity contribution in [3.8, 4) is 0 Å². The Bertz CT molecular complexity index is 278. The molecule has 0 aliphatic rings. The molecule has 0 amide bonds. The van der Waals surface area contributed by atoms with Gasteiger partial charge < -0.3 is 10.1 Å². The number of rotatable bonds is 5. The second kappa shape index (κ2) is 5.89. The standard InChI is InChI=1S/C11H16ClNO/c1-9(14-2)8-13-11-5-3-4-10(6-11)7-12/h3-6,9,13H,7-8H2,1-2H3. The van der Waals surface area contributed by atoms with E-state index in [1.165, 1.54) is 0 Å². The van der Waals surface area contributed by atoms with Crippen LogP contribution < -0.4 is 5.32 Å². The Kier molecular flexibility index (Phi) is 4.77. The maximum absolute atomic E-state index is 5.74. The monoisotopic (exact) mass is 213 g/mol. The van der Waals surface area contributed by atoms with Crippen molar-refractivity contribution in [1.29, 1.82) is 0 Å². The summed E-state index contributed by atoms with van der Waals surface area (Å²) in [4.78, 5) is 0. The van der Waals surface area contributed by atoms with E-state index in [0.29, 0.717) is 5.88 Å². The van der Waals surface area contributed by atoms with Gasteiger partial charge in [0.1, 0.15) is 0 Å². The summed E-state index contributed by atoms with van der Waals surface area (Å²) < 4.78 is 5.14. The van der Waals surface area contributed by atoms with Crippen molar-refractivity contribution in [3.05, 3.63) is 29.8 Å². The summed E-state index contributed by atoms with van der Waals surface area (Å²) in [5.74, 6) is 0.551. The number of benzene rings is 1. The molecule has 0 fully saturated rings. The largest absolute Gasteiger partial charge is 0.382 e. The van der Waals surface area contributed by atoms with Gasteiger partial charge in [0, 0.05) is 25.2 Å². The van der Waals surface area contributed by atoms with Gasteiger partial charge in [0.15, 0.2) is 0 Å². The van der Waals surface area contributed by atoms with E-state index < -0.39 is 0 Å². The molecule has 0 heterocycles. The zero-order valence-corrected chi connectivity index (χ0v) is 9.34. The molecule has 1 aromatic carbocycles. The Labute approximate surface area is 90.2 Å². The summed E-state index contributed by atoms with van der Waals surface area (Å²) in [5.41, 5.74) is 2.22. The molecule has 3 heteroatoms. The molecule has 1 rings (SSSR count). The molecule has 2 nitrogen and oxygen atoms in total. The molecular weight excluding hydrogens is 198 g/mol. The summed E-state index contributed by atoms with van der Waals surface area (Å²) in [5, 5.41) is 3.29. The first-order valence-corrected chi connectivity index (χ1v) is 5.21. The summed E-state index contributed by atoms with van der Waals surface area (Å²) in [6, 6.07) is 8.09. The van der Waals surface area contributed by atoms with Crippen molar-refractivity contribution in [1.82, 2.24) is 0 Å². The topological polar surface area (TPSA) is 21.3 Å². The molecule has 1 atom stereocenters. The van der Waals surface area contributed by atoms with Crippen LogP contribution in [0.3, 0.4) is 0 Å². The molecule has 14 heavy (non-hydrogen) atoms. The van der Waals surface area contributed by atoms with E-state index >= 15 is 0 Å². The van der Waals surface area contributed by atoms with Crippen LogP contribution in [0.4, 0.5) is 5.69 Å². The van der Waals surface area contributed by atoms with E-state index in [4.69, 9.17) is 16.3 Å². The van der Waals surface area contributed by atoms with Crippen molar-refractivity contribution in [3.63, 3.8) is 0 Å². The predicted molar refractivity (Wildman–Crippen MR) is 61.0 cm³/mol. The lowest BCUT2D eigenvalue weighted by molar-refractivity contribution is 0.129. The smallest absolute Gasteiger partial charge is 0.0715 e. The normalized spacial score (nSPS) is 12.5. The molecule has 0 bridgehead atoms. The van der Waals surface area contributed by atoms with Crippen LogP contribution in [-0.4, -0.2) is 19.8 Å². The fourth-order valence-corrected chi connectivity index (χ4v) is 1.28. The molecule has 1 unspecified atom stereocenters. The summed E-state index contributed by atoms with van der Waals surface area (Å²) >= 11 is 5.74. The third-order valence-electron chi connectivity index (χ3n) is 2.08. The highest BCUT2D eigenvalue weighted by molar-refractivity contribution is 6.17. The van der Waals surface area contributed by atoms with Gasteiger partial charge in [0.2, 0.25) is 0 Å². The Hall–Kier alpha value is -0.730. The number of anilines is 1. The first-order valence-electron chi connectivity index (χ1n) is 4.68. The number of ether oxygens (including phenoxy) is 1. The molecule has 78 valence electrons. The number of hydrogen-bond acceptors (Lipinski definition) is 2. The number of halogens is 1. The third-order valence-corrected chi connectivity index (χ3v) is 2.39. The number of hydrogen-bond donors (Lipinski definition) is 1. The third kappa shape index (κ3) is 3.56. The minimum Gasteiger partial charge on any atom is -0.382 e. The Balaban J connectivity index is 2.50. The predicted octanol–water partition coefficient (Wildman–Crippen LogP) is 2.87. The molecule has 0 radical (unpaired) electrons. The van der Waals surface area contributed by atoms with E-state index in [1.807, 2.05) is 25.1 Å². The molecule has 0 saturated carbocycles. The van der Waals surface area contributed by atoms with Crippen molar-refractivity contribution in [2.75, 3.05) is 19.0 Å². The van der Waals surface area contributed by atoms with Gasteiger partial charge in [-0.05, 0) is 24.6 Å². The van der Waals surface area contributed by atoms with Crippen LogP contribution in [-0.2, 0) is 10.6 Å². The van der Waals surface area contributed by atoms with Crippen LogP contribution in [0.2, 0.25) is 0 Å². The first kappa shape index (κ1) is 11.3. The van der Waals surface area contributed by atoms with Crippen molar-refractivity contribution in [2.45, 2.75) is 18.9 Å². The molecule has 0 aliphatic carbocycles. The average molecular weight is 214 g/mol.